The molecule has 2 nitrogen and oxygen atoms in total. The van der Waals surface area contributed by atoms with Crippen molar-refractivity contribution in [3.63, 3.8) is 0 Å². The topological polar surface area (TPSA) is 8.17 Å². The summed E-state index contributed by atoms with van der Waals surface area (Å²) in [6, 6.07) is 89.9. The Hall–Kier alpha value is -9.24. The smallest absolute Gasteiger partial charge is 0.0699 e. The number of aromatic nitrogens is 1. The van der Waals surface area contributed by atoms with E-state index in [0.29, 0.717) is 0 Å². The molecule has 74 heavy (non-hydrogen) atoms. The number of benzene rings is 11. The summed E-state index contributed by atoms with van der Waals surface area (Å²) < 4.78 is 2.54. The quantitative estimate of drug-likeness (QED) is 0.147. The largest absolute Gasteiger partial charge is 0.310 e. The molecule has 2 heteroatoms. The lowest BCUT2D eigenvalue weighted by atomic mass is 9.63. The first-order valence-corrected chi connectivity index (χ1v) is 25.7. The van der Waals surface area contributed by atoms with Crippen molar-refractivity contribution in [2.75, 3.05) is 4.90 Å². The van der Waals surface area contributed by atoms with Gasteiger partial charge in [-0.2, -0.15) is 0 Å². The third-order valence-corrected chi connectivity index (χ3v) is 15.4. The number of para-hydroxylation sites is 1. The summed E-state index contributed by atoms with van der Waals surface area (Å²) >= 11 is 0. The van der Waals surface area contributed by atoms with Crippen LogP contribution in [0.4, 0.5) is 17.1 Å². The highest BCUT2D eigenvalue weighted by molar-refractivity contribution is 6.30. The molecule has 0 bridgehead atoms. The second kappa shape index (κ2) is 18.4. The van der Waals surface area contributed by atoms with Crippen molar-refractivity contribution in [3.8, 4) is 27.9 Å². The van der Waals surface area contributed by atoms with Gasteiger partial charge in [0.05, 0.1) is 22.1 Å². The van der Waals surface area contributed by atoms with Crippen LogP contribution >= 0.6 is 0 Å². The minimum Gasteiger partial charge on any atom is -0.310 e. The number of allylic oxidation sites excluding steroid dienone is 5. The van der Waals surface area contributed by atoms with Crippen LogP contribution in [0.1, 0.15) is 33.4 Å². The van der Waals surface area contributed by atoms with E-state index in [2.05, 4.69) is 290 Å². The first kappa shape index (κ1) is 44.7. The summed E-state index contributed by atoms with van der Waals surface area (Å²) in [5.41, 5.74) is 19.1. The van der Waals surface area contributed by atoms with Gasteiger partial charge in [-0.05, 0) is 141 Å². The predicted octanol–water partition coefficient (Wildman–Crippen LogP) is 19.1. The fourth-order valence-electron chi connectivity index (χ4n) is 12.0. The Labute approximate surface area is 433 Å². The summed E-state index contributed by atoms with van der Waals surface area (Å²) in [5.74, 6) is 0. The van der Waals surface area contributed by atoms with Gasteiger partial charge < -0.3 is 9.47 Å². The average Bonchev–Trinajstić information content (AvgIpc) is 3.92. The summed E-state index contributed by atoms with van der Waals surface area (Å²) in [4.78, 5) is 2.41. The van der Waals surface area contributed by atoms with E-state index in [9.17, 15) is 0 Å². The SMILES string of the molecule is C=C1/C=C\C=C/Cc2ccc(-n3c4ccc5ccccc5c4c4c5ccccc5c(-c5ccccc5-c5ccccc5N(c5ccc(C)cc5)c5ccc(C)cc5)cc43)cc2C1(c1ccccc1)c1ccccc1. The number of fused-ring (bicyclic) bond motifs is 8. The van der Waals surface area contributed by atoms with Gasteiger partial charge in [-0.15, -0.1) is 0 Å². The van der Waals surface area contributed by atoms with Crippen LogP contribution in [0.25, 0.3) is 71.3 Å². The molecule has 352 valence electrons. The number of anilines is 3. The number of aryl methyl sites for hydroxylation is 2. The third kappa shape index (κ3) is 7.33. The van der Waals surface area contributed by atoms with Gasteiger partial charge >= 0.3 is 0 Å². The molecule has 0 saturated carbocycles. The van der Waals surface area contributed by atoms with Crippen LogP contribution in [-0.4, -0.2) is 4.57 Å². The molecule has 1 aromatic heterocycles. The van der Waals surface area contributed by atoms with E-state index >= 15 is 0 Å². The lowest BCUT2D eigenvalue weighted by molar-refractivity contribution is 0.736. The molecule has 0 aliphatic heterocycles. The van der Waals surface area contributed by atoms with Crippen molar-refractivity contribution >= 4 is 60.4 Å². The molecular weight excluding hydrogens is 893 g/mol. The molecule has 13 rings (SSSR count). The van der Waals surface area contributed by atoms with Gasteiger partial charge in [0.1, 0.15) is 0 Å². The molecular formula is C72H54N2. The predicted molar refractivity (Wildman–Crippen MR) is 315 cm³/mol. The monoisotopic (exact) mass is 946 g/mol. The number of rotatable bonds is 8. The maximum absolute atomic E-state index is 4.93. The van der Waals surface area contributed by atoms with Crippen LogP contribution in [0.2, 0.25) is 0 Å². The second-order valence-corrected chi connectivity index (χ2v) is 19.8. The first-order chi connectivity index (χ1) is 36.5. The molecule has 12 aromatic rings. The molecule has 0 spiro atoms. The van der Waals surface area contributed by atoms with Crippen LogP contribution in [0, 0.1) is 13.8 Å². The van der Waals surface area contributed by atoms with Gasteiger partial charge in [0, 0.05) is 33.4 Å². The summed E-state index contributed by atoms with van der Waals surface area (Å²) in [5, 5.41) is 7.39. The van der Waals surface area contributed by atoms with Crippen molar-refractivity contribution < 1.29 is 0 Å². The average molecular weight is 947 g/mol. The molecule has 0 N–H and O–H groups in total. The molecule has 1 aliphatic rings. The fraction of sp³-hybridized carbons (Fsp3) is 0.0556. The molecule has 0 atom stereocenters. The Morgan fingerprint density at radius 2 is 1.00 bits per heavy atom. The van der Waals surface area contributed by atoms with Crippen molar-refractivity contribution in [2.24, 2.45) is 0 Å². The molecule has 0 fully saturated rings. The molecule has 0 saturated heterocycles. The summed E-state index contributed by atoms with van der Waals surface area (Å²) in [6.07, 6.45) is 9.58. The van der Waals surface area contributed by atoms with Crippen molar-refractivity contribution in [2.45, 2.75) is 25.7 Å². The van der Waals surface area contributed by atoms with Gasteiger partial charge in [0.25, 0.3) is 0 Å². The van der Waals surface area contributed by atoms with Gasteiger partial charge in [-0.3, -0.25) is 0 Å². The Morgan fingerprint density at radius 1 is 0.446 bits per heavy atom. The van der Waals surface area contributed by atoms with E-state index in [1.807, 2.05) is 0 Å². The fourth-order valence-corrected chi connectivity index (χ4v) is 12.0. The minimum absolute atomic E-state index is 0.683. The molecule has 1 aliphatic carbocycles. The molecule has 1 heterocycles. The highest BCUT2D eigenvalue weighted by Gasteiger charge is 2.40. The maximum Gasteiger partial charge on any atom is 0.0699 e. The summed E-state index contributed by atoms with van der Waals surface area (Å²) in [7, 11) is 0. The van der Waals surface area contributed by atoms with E-state index in [1.54, 1.807) is 0 Å². The molecule has 0 radical (unpaired) electrons. The third-order valence-electron chi connectivity index (χ3n) is 15.4. The zero-order chi connectivity index (χ0) is 49.8. The van der Waals surface area contributed by atoms with Crippen LogP contribution in [0.15, 0.2) is 279 Å². The van der Waals surface area contributed by atoms with Gasteiger partial charge in [0.15, 0.2) is 0 Å². The number of hydrogen-bond acceptors (Lipinski definition) is 1. The van der Waals surface area contributed by atoms with Crippen molar-refractivity contribution in [1.82, 2.24) is 4.57 Å². The van der Waals surface area contributed by atoms with Crippen LogP contribution in [0.5, 0.6) is 0 Å². The van der Waals surface area contributed by atoms with Gasteiger partial charge in [-0.1, -0.05) is 230 Å². The minimum atomic E-state index is -0.683. The Bertz CT molecular complexity index is 4090. The normalized spacial score (nSPS) is 14.1. The number of hydrogen-bond donors (Lipinski definition) is 0. The summed E-state index contributed by atoms with van der Waals surface area (Å²) in [6.45, 7) is 9.23. The zero-order valence-electron chi connectivity index (χ0n) is 41.7. The van der Waals surface area contributed by atoms with E-state index in [-0.39, 0.29) is 0 Å². The van der Waals surface area contributed by atoms with Crippen LogP contribution in [-0.2, 0) is 11.8 Å². The lowest BCUT2D eigenvalue weighted by Gasteiger charge is -2.38. The molecule has 11 aromatic carbocycles. The van der Waals surface area contributed by atoms with Gasteiger partial charge in [0.2, 0.25) is 0 Å². The lowest BCUT2D eigenvalue weighted by Crippen LogP contribution is -2.32. The van der Waals surface area contributed by atoms with Crippen molar-refractivity contribution in [3.05, 3.63) is 312 Å². The van der Waals surface area contributed by atoms with Crippen LogP contribution < -0.4 is 4.90 Å². The molecule has 0 amide bonds. The standard InChI is InChI=1S/C72H54N2/c1-49-35-41-56(42-36-49)73(57-43-37-50(2)38-44-57)67-34-20-19-32-63(67)60-29-15-16-30-61(60)65-48-69-71(64-33-18-17-31-62(64)65)70-59-28-14-13-22-52(59)40-46-68(70)74(69)58-45-39-53-23-8-4-7-21-51(3)72(66(53)47-58,54-24-9-5-10-25-54)55-26-11-6-12-27-55/h4-22,24-48H,3,23H2,1-2H3/b8-4-,21-7-. The van der Waals surface area contributed by atoms with Crippen molar-refractivity contribution in [1.29, 1.82) is 0 Å². The Morgan fingerprint density at radius 3 is 1.68 bits per heavy atom. The molecule has 0 unspecified atom stereocenters. The van der Waals surface area contributed by atoms with E-state index < -0.39 is 5.41 Å². The highest BCUT2D eigenvalue weighted by Crippen LogP contribution is 2.51. The van der Waals surface area contributed by atoms with Gasteiger partial charge in [-0.25, -0.2) is 0 Å². The van der Waals surface area contributed by atoms with E-state index in [0.717, 1.165) is 56.9 Å². The second-order valence-electron chi connectivity index (χ2n) is 19.8. The van der Waals surface area contributed by atoms with E-state index in [1.165, 1.54) is 76.8 Å². The number of nitrogens with zero attached hydrogens (tertiary/aromatic N) is 2. The van der Waals surface area contributed by atoms with E-state index in [4.69, 9.17) is 6.58 Å². The van der Waals surface area contributed by atoms with Crippen LogP contribution in [0.3, 0.4) is 0 Å². The Kier molecular flexibility index (Phi) is 11.1. The zero-order valence-corrected chi connectivity index (χ0v) is 41.7. The Balaban J connectivity index is 1.11. The maximum atomic E-state index is 4.93. The highest BCUT2D eigenvalue weighted by atomic mass is 15.1. The first-order valence-electron chi connectivity index (χ1n) is 25.7.